The molecule has 0 saturated heterocycles. The SMILES string of the molecule is C[n+]1c(-c2ccccc2O)cccc1-c1cccc(-c2ccccc2O)[n+]1-c1ccccc1. The molecule has 5 aromatic rings. The Morgan fingerprint density at radius 1 is 0.455 bits per heavy atom. The number of phenolic OH excluding ortho intramolecular Hbond substituents is 2. The Bertz CT molecular complexity index is 1450. The molecule has 0 bridgehead atoms. The van der Waals surface area contributed by atoms with E-state index in [0.29, 0.717) is 0 Å². The molecule has 3 aromatic carbocycles. The second-order valence-corrected chi connectivity index (χ2v) is 7.86. The highest BCUT2D eigenvalue weighted by atomic mass is 16.3. The molecule has 2 N–H and O–H groups in total. The molecule has 0 amide bonds. The third-order valence-corrected chi connectivity index (χ3v) is 5.86. The van der Waals surface area contributed by atoms with Crippen LogP contribution < -0.4 is 9.13 Å². The first kappa shape index (κ1) is 20.5. The quantitative estimate of drug-likeness (QED) is 0.384. The van der Waals surface area contributed by atoms with E-state index in [-0.39, 0.29) is 11.5 Å². The summed E-state index contributed by atoms with van der Waals surface area (Å²) in [6.45, 7) is 0. The van der Waals surface area contributed by atoms with Crippen molar-refractivity contribution in [2.45, 2.75) is 0 Å². The number of nitrogens with zero attached hydrogens (tertiary/aromatic N) is 2. The second kappa shape index (κ2) is 8.60. The van der Waals surface area contributed by atoms with Crippen LogP contribution in [-0.4, -0.2) is 10.2 Å². The topological polar surface area (TPSA) is 48.2 Å². The molecule has 33 heavy (non-hydrogen) atoms. The zero-order chi connectivity index (χ0) is 22.8. The van der Waals surface area contributed by atoms with Crippen LogP contribution in [0.4, 0.5) is 0 Å². The van der Waals surface area contributed by atoms with Crippen LogP contribution in [0.2, 0.25) is 0 Å². The van der Waals surface area contributed by atoms with Crippen LogP contribution in [0, 0.1) is 0 Å². The molecule has 0 unspecified atom stereocenters. The van der Waals surface area contributed by atoms with Gasteiger partial charge in [-0.15, -0.1) is 4.57 Å². The van der Waals surface area contributed by atoms with E-state index < -0.39 is 0 Å². The molecule has 5 rings (SSSR count). The number of phenols is 2. The molecule has 0 atom stereocenters. The summed E-state index contributed by atoms with van der Waals surface area (Å²) in [7, 11) is 2.00. The molecular weight excluding hydrogens is 408 g/mol. The second-order valence-electron chi connectivity index (χ2n) is 7.86. The third-order valence-electron chi connectivity index (χ3n) is 5.86. The van der Waals surface area contributed by atoms with Gasteiger partial charge in [0.1, 0.15) is 18.5 Å². The molecule has 0 fully saturated rings. The lowest BCUT2D eigenvalue weighted by molar-refractivity contribution is -0.660. The van der Waals surface area contributed by atoms with Crippen LogP contribution >= 0.6 is 0 Å². The molecule has 0 saturated carbocycles. The highest BCUT2D eigenvalue weighted by Gasteiger charge is 2.29. The van der Waals surface area contributed by atoms with Crippen LogP contribution in [-0.2, 0) is 7.05 Å². The van der Waals surface area contributed by atoms with Gasteiger partial charge in [-0.1, -0.05) is 42.5 Å². The van der Waals surface area contributed by atoms with Gasteiger partial charge >= 0.3 is 0 Å². The summed E-state index contributed by atoms with van der Waals surface area (Å²) >= 11 is 0. The first-order valence-electron chi connectivity index (χ1n) is 10.8. The van der Waals surface area contributed by atoms with E-state index in [1.165, 1.54) is 0 Å². The van der Waals surface area contributed by atoms with Crippen molar-refractivity contribution < 1.29 is 19.3 Å². The van der Waals surface area contributed by atoms with E-state index >= 15 is 0 Å². The number of pyridine rings is 2. The zero-order valence-electron chi connectivity index (χ0n) is 18.3. The summed E-state index contributed by atoms with van der Waals surface area (Å²) in [5.41, 5.74) is 6.22. The van der Waals surface area contributed by atoms with Crippen LogP contribution in [0.25, 0.3) is 39.6 Å². The predicted octanol–water partition coefficient (Wildman–Crippen LogP) is 5.20. The van der Waals surface area contributed by atoms with E-state index in [9.17, 15) is 10.2 Å². The van der Waals surface area contributed by atoms with Gasteiger partial charge in [0.2, 0.25) is 17.1 Å². The zero-order valence-corrected chi connectivity index (χ0v) is 18.3. The minimum Gasteiger partial charge on any atom is -0.507 e. The molecule has 4 heteroatoms. The van der Waals surface area contributed by atoms with Gasteiger partial charge in [-0.2, -0.15) is 4.57 Å². The highest BCUT2D eigenvalue weighted by Crippen LogP contribution is 2.30. The number of benzene rings is 3. The average Bonchev–Trinajstić information content (AvgIpc) is 2.85. The van der Waals surface area contributed by atoms with Gasteiger partial charge in [0, 0.05) is 36.4 Å². The number of hydrogen-bond donors (Lipinski definition) is 2. The smallest absolute Gasteiger partial charge is 0.283 e. The summed E-state index contributed by atoms with van der Waals surface area (Å²) in [6, 6.07) is 37.0. The van der Waals surface area contributed by atoms with Crippen molar-refractivity contribution in [3.8, 4) is 51.1 Å². The van der Waals surface area contributed by atoms with Crippen LogP contribution in [0.1, 0.15) is 0 Å². The Morgan fingerprint density at radius 2 is 0.939 bits per heavy atom. The minimum atomic E-state index is 0.228. The number of aromatic hydroxyl groups is 2. The van der Waals surface area contributed by atoms with Crippen molar-refractivity contribution in [1.29, 1.82) is 0 Å². The fourth-order valence-corrected chi connectivity index (χ4v) is 4.27. The minimum absolute atomic E-state index is 0.228. The van der Waals surface area contributed by atoms with Gasteiger partial charge < -0.3 is 10.2 Å². The Balaban J connectivity index is 1.81. The van der Waals surface area contributed by atoms with Crippen LogP contribution in [0.5, 0.6) is 11.5 Å². The maximum absolute atomic E-state index is 10.6. The van der Waals surface area contributed by atoms with Crippen molar-refractivity contribution in [3.63, 3.8) is 0 Å². The first-order valence-corrected chi connectivity index (χ1v) is 10.8. The Kier molecular flexibility index (Phi) is 5.33. The average molecular weight is 433 g/mol. The lowest BCUT2D eigenvalue weighted by Gasteiger charge is -2.10. The van der Waals surface area contributed by atoms with Crippen molar-refractivity contribution >= 4 is 0 Å². The molecule has 0 aliphatic heterocycles. The number of rotatable bonds is 4. The summed E-state index contributed by atoms with van der Waals surface area (Å²) in [5.74, 6) is 0.468. The van der Waals surface area contributed by atoms with E-state index in [1.807, 2.05) is 85.9 Å². The number of para-hydroxylation sites is 3. The Morgan fingerprint density at radius 3 is 1.58 bits per heavy atom. The largest absolute Gasteiger partial charge is 0.507 e. The van der Waals surface area contributed by atoms with Gasteiger partial charge in [0.25, 0.3) is 11.4 Å². The summed E-state index contributed by atoms with van der Waals surface area (Å²) in [4.78, 5) is 0. The molecule has 4 nitrogen and oxygen atoms in total. The summed E-state index contributed by atoms with van der Waals surface area (Å²) in [6.07, 6.45) is 0. The van der Waals surface area contributed by atoms with Gasteiger partial charge in [0.15, 0.2) is 0 Å². The van der Waals surface area contributed by atoms with Crippen molar-refractivity contribution in [3.05, 3.63) is 115 Å². The number of hydrogen-bond acceptors (Lipinski definition) is 2. The summed E-state index contributed by atoms with van der Waals surface area (Å²) in [5, 5.41) is 21.1. The standard InChI is InChI=1S/C29H22N2O2/c1-30-24(22-13-5-7-19-28(22)32)15-9-17-26(30)27-18-10-16-25(23-14-6-8-20-29(23)33)31(27)21-11-3-2-4-12-21/h2-20H,1H3/p+2. The van der Waals surface area contributed by atoms with E-state index in [4.69, 9.17) is 0 Å². The molecule has 2 heterocycles. The van der Waals surface area contributed by atoms with Gasteiger partial charge in [-0.3, -0.25) is 0 Å². The van der Waals surface area contributed by atoms with Crippen molar-refractivity contribution in [2.24, 2.45) is 7.05 Å². The Labute approximate surface area is 192 Å². The lowest BCUT2D eigenvalue weighted by atomic mass is 10.1. The Hall–Kier alpha value is -4.44. The van der Waals surface area contributed by atoms with Crippen LogP contribution in [0.3, 0.4) is 0 Å². The molecule has 0 aliphatic carbocycles. The summed E-state index contributed by atoms with van der Waals surface area (Å²) < 4.78 is 4.23. The van der Waals surface area contributed by atoms with Crippen molar-refractivity contribution in [2.75, 3.05) is 0 Å². The first-order chi connectivity index (χ1) is 16.1. The molecule has 0 aliphatic rings. The molecule has 2 aromatic heterocycles. The van der Waals surface area contributed by atoms with Gasteiger partial charge in [-0.05, 0) is 36.4 Å². The van der Waals surface area contributed by atoms with E-state index in [2.05, 4.69) is 33.4 Å². The fourth-order valence-electron chi connectivity index (χ4n) is 4.27. The van der Waals surface area contributed by atoms with Gasteiger partial charge in [0.05, 0.1) is 11.1 Å². The fraction of sp³-hybridized carbons (Fsp3) is 0.0345. The van der Waals surface area contributed by atoms with E-state index in [0.717, 1.165) is 39.6 Å². The maximum atomic E-state index is 10.6. The van der Waals surface area contributed by atoms with Crippen molar-refractivity contribution in [1.82, 2.24) is 0 Å². The lowest BCUT2D eigenvalue weighted by Crippen LogP contribution is -2.42. The molecule has 0 radical (unpaired) electrons. The predicted molar refractivity (Wildman–Crippen MR) is 129 cm³/mol. The van der Waals surface area contributed by atoms with Crippen LogP contribution in [0.15, 0.2) is 115 Å². The normalized spacial score (nSPS) is 10.8. The highest BCUT2D eigenvalue weighted by molar-refractivity contribution is 5.67. The molecule has 160 valence electrons. The van der Waals surface area contributed by atoms with Gasteiger partial charge in [-0.25, -0.2) is 0 Å². The molecule has 0 spiro atoms. The third kappa shape index (κ3) is 3.72. The van der Waals surface area contributed by atoms with E-state index in [1.54, 1.807) is 12.1 Å². The number of aromatic nitrogens is 2. The monoisotopic (exact) mass is 432 g/mol. The maximum Gasteiger partial charge on any atom is 0.283 e. The molecular formula is C29H24N2O2+2.